The number of benzene rings is 7. The van der Waals surface area contributed by atoms with Crippen molar-refractivity contribution in [2.24, 2.45) is 0 Å². The van der Waals surface area contributed by atoms with Crippen molar-refractivity contribution in [1.82, 2.24) is 8.97 Å². The normalized spacial score (nSPS) is 12.1. The Morgan fingerprint density at radius 2 is 0.773 bits per heavy atom. The lowest BCUT2D eigenvalue weighted by Crippen LogP contribution is -1.93. The molecule has 2 nitrogen and oxygen atoms in total. The second kappa shape index (κ2) is 8.82. The van der Waals surface area contributed by atoms with Crippen LogP contribution in [-0.4, -0.2) is 8.97 Å². The Hall–Kier alpha value is -5.86. The highest BCUT2D eigenvalue weighted by atomic mass is 15.0. The number of hydrogen-bond donors (Lipinski definition) is 0. The minimum Gasteiger partial charge on any atom is -0.309 e. The van der Waals surface area contributed by atoms with Crippen LogP contribution in [0.1, 0.15) is 0 Å². The minimum absolute atomic E-state index is 1.17. The molecule has 0 aliphatic carbocycles. The second-order valence-corrected chi connectivity index (χ2v) is 11.8. The van der Waals surface area contributed by atoms with Gasteiger partial charge in [0, 0.05) is 38.0 Å². The van der Waals surface area contributed by atoms with Gasteiger partial charge in [0.15, 0.2) is 0 Å². The molecule has 0 unspecified atom stereocenters. The van der Waals surface area contributed by atoms with Gasteiger partial charge in [0.2, 0.25) is 0 Å². The summed E-state index contributed by atoms with van der Waals surface area (Å²) in [6.45, 7) is 0. The average molecular weight is 559 g/mol. The molecule has 0 amide bonds. The van der Waals surface area contributed by atoms with Crippen molar-refractivity contribution in [1.29, 1.82) is 0 Å². The highest BCUT2D eigenvalue weighted by Gasteiger charge is 2.18. The molecule has 2 heteroatoms. The number of nitrogens with zero attached hydrogens (tertiary/aromatic N) is 2. The molecule has 0 saturated carbocycles. The van der Waals surface area contributed by atoms with E-state index in [1.165, 1.54) is 87.8 Å². The smallest absolute Gasteiger partial charge is 0.0620 e. The first-order valence-corrected chi connectivity index (χ1v) is 15.2. The fourth-order valence-corrected chi connectivity index (χ4v) is 7.48. The van der Waals surface area contributed by atoms with Crippen molar-refractivity contribution in [3.05, 3.63) is 158 Å². The fraction of sp³-hybridized carbons (Fsp3) is 0. The van der Waals surface area contributed by atoms with Crippen LogP contribution < -0.4 is 0 Å². The van der Waals surface area contributed by atoms with E-state index >= 15 is 0 Å². The van der Waals surface area contributed by atoms with Crippen molar-refractivity contribution >= 4 is 59.9 Å². The molecule has 0 spiro atoms. The van der Waals surface area contributed by atoms with E-state index in [0.717, 1.165) is 0 Å². The fourth-order valence-electron chi connectivity index (χ4n) is 7.48. The molecule has 204 valence electrons. The number of aromatic nitrogens is 2. The number of fused-ring (bicyclic) bond motifs is 9. The molecule has 0 aliphatic rings. The summed E-state index contributed by atoms with van der Waals surface area (Å²) in [4.78, 5) is 0. The molecule has 44 heavy (non-hydrogen) atoms. The zero-order valence-electron chi connectivity index (χ0n) is 23.9. The molecule has 0 saturated heterocycles. The Kier molecular flexibility index (Phi) is 4.75. The van der Waals surface area contributed by atoms with Crippen LogP contribution in [0.25, 0.3) is 87.8 Å². The van der Waals surface area contributed by atoms with Crippen LogP contribution in [0.3, 0.4) is 0 Å². The Morgan fingerprint density at radius 3 is 1.45 bits per heavy atom. The van der Waals surface area contributed by atoms with E-state index in [0.29, 0.717) is 0 Å². The van der Waals surface area contributed by atoms with Gasteiger partial charge in [0.05, 0.1) is 27.6 Å². The van der Waals surface area contributed by atoms with Gasteiger partial charge in [-0.1, -0.05) is 103 Å². The topological polar surface area (TPSA) is 9.34 Å². The van der Waals surface area contributed by atoms with E-state index in [1.54, 1.807) is 0 Å². The molecule has 10 rings (SSSR count). The van der Waals surface area contributed by atoms with Crippen molar-refractivity contribution < 1.29 is 0 Å². The van der Waals surface area contributed by atoms with Crippen LogP contribution >= 0.6 is 0 Å². The van der Waals surface area contributed by atoms with Crippen LogP contribution in [0.4, 0.5) is 0 Å². The third kappa shape index (κ3) is 3.20. The largest absolute Gasteiger partial charge is 0.309 e. The average Bonchev–Trinajstić information content (AvgIpc) is 3.73. The third-order valence-corrected chi connectivity index (χ3v) is 9.44. The van der Waals surface area contributed by atoms with E-state index in [-0.39, 0.29) is 0 Å². The van der Waals surface area contributed by atoms with E-state index in [2.05, 4.69) is 167 Å². The quantitative estimate of drug-likeness (QED) is 0.204. The Bertz CT molecular complexity index is 2690. The number of hydrogen-bond acceptors (Lipinski definition) is 0. The lowest BCUT2D eigenvalue weighted by Gasteiger charge is -2.08. The molecular formula is C42H26N2. The van der Waals surface area contributed by atoms with Gasteiger partial charge in [-0.05, 0) is 76.9 Å². The van der Waals surface area contributed by atoms with Crippen molar-refractivity contribution in [3.8, 4) is 27.9 Å². The second-order valence-electron chi connectivity index (χ2n) is 11.8. The lowest BCUT2D eigenvalue weighted by molar-refractivity contribution is 1.18. The molecule has 10 aromatic rings. The first-order valence-electron chi connectivity index (χ1n) is 15.2. The van der Waals surface area contributed by atoms with E-state index < -0.39 is 0 Å². The molecule has 7 aromatic carbocycles. The van der Waals surface area contributed by atoms with Gasteiger partial charge >= 0.3 is 0 Å². The monoisotopic (exact) mass is 558 g/mol. The molecule has 0 fully saturated rings. The van der Waals surface area contributed by atoms with Gasteiger partial charge in [-0.25, -0.2) is 0 Å². The first kappa shape index (κ1) is 23.7. The molecule has 0 atom stereocenters. The van der Waals surface area contributed by atoms with Gasteiger partial charge in [0.25, 0.3) is 0 Å². The lowest BCUT2D eigenvalue weighted by atomic mass is 9.99. The van der Waals surface area contributed by atoms with E-state index in [1.807, 2.05) is 0 Å². The van der Waals surface area contributed by atoms with Crippen molar-refractivity contribution in [2.45, 2.75) is 0 Å². The van der Waals surface area contributed by atoms with Crippen LogP contribution in [0.15, 0.2) is 158 Å². The standard InChI is InChI=1S/C42H26N2/c1-3-10-27(11-4-1)28-18-21-39-36(24-28)37-26-30(19-22-40(37)43(39)31-12-5-2-6-13-31)29-20-23-41-35(25-29)34-16-9-15-33-32-14-7-8-17-38(32)44(41)42(33)34/h1-26H. The van der Waals surface area contributed by atoms with Crippen molar-refractivity contribution in [3.63, 3.8) is 0 Å². The zero-order chi connectivity index (χ0) is 28.8. The SMILES string of the molecule is c1ccc(-c2ccc3c(c2)c2cc(-c4ccc5c(c4)c4cccc6c7ccccc7n5c64)ccc2n3-c2ccccc2)cc1. The summed E-state index contributed by atoms with van der Waals surface area (Å²) in [5.41, 5.74) is 12.4. The van der Waals surface area contributed by atoms with Gasteiger partial charge in [0.1, 0.15) is 0 Å². The number of para-hydroxylation sites is 3. The summed E-state index contributed by atoms with van der Waals surface area (Å²) in [6, 6.07) is 57.7. The maximum absolute atomic E-state index is 2.45. The molecular weight excluding hydrogens is 532 g/mol. The minimum atomic E-state index is 1.17. The van der Waals surface area contributed by atoms with Crippen LogP contribution in [0.2, 0.25) is 0 Å². The Labute approximate surface area is 254 Å². The number of rotatable bonds is 3. The molecule has 0 radical (unpaired) electrons. The Morgan fingerprint density at radius 1 is 0.295 bits per heavy atom. The summed E-state index contributed by atoms with van der Waals surface area (Å²) >= 11 is 0. The summed E-state index contributed by atoms with van der Waals surface area (Å²) in [6.07, 6.45) is 0. The van der Waals surface area contributed by atoms with Crippen LogP contribution in [0.5, 0.6) is 0 Å². The summed E-state index contributed by atoms with van der Waals surface area (Å²) in [5, 5.41) is 7.77. The van der Waals surface area contributed by atoms with E-state index in [4.69, 9.17) is 0 Å². The predicted octanol–water partition coefficient (Wildman–Crippen LogP) is 11.3. The van der Waals surface area contributed by atoms with Crippen LogP contribution in [-0.2, 0) is 0 Å². The summed E-state index contributed by atoms with van der Waals surface area (Å²) < 4.78 is 4.84. The third-order valence-electron chi connectivity index (χ3n) is 9.44. The summed E-state index contributed by atoms with van der Waals surface area (Å²) in [5.74, 6) is 0. The molecule has 3 aromatic heterocycles. The van der Waals surface area contributed by atoms with Gasteiger partial charge < -0.3 is 8.97 Å². The molecule has 0 bridgehead atoms. The van der Waals surface area contributed by atoms with Crippen LogP contribution in [0, 0.1) is 0 Å². The molecule has 3 heterocycles. The van der Waals surface area contributed by atoms with Gasteiger partial charge in [-0.3, -0.25) is 0 Å². The maximum atomic E-state index is 2.45. The van der Waals surface area contributed by atoms with Gasteiger partial charge in [-0.2, -0.15) is 0 Å². The van der Waals surface area contributed by atoms with E-state index in [9.17, 15) is 0 Å². The maximum Gasteiger partial charge on any atom is 0.0620 e. The first-order chi connectivity index (χ1) is 21.8. The van der Waals surface area contributed by atoms with Crippen molar-refractivity contribution in [2.75, 3.05) is 0 Å². The highest BCUT2D eigenvalue weighted by molar-refractivity contribution is 6.23. The molecule has 0 N–H and O–H groups in total. The summed E-state index contributed by atoms with van der Waals surface area (Å²) in [7, 11) is 0. The zero-order valence-corrected chi connectivity index (χ0v) is 23.9. The Balaban J connectivity index is 1.23. The van der Waals surface area contributed by atoms with Gasteiger partial charge in [-0.15, -0.1) is 0 Å². The molecule has 0 aliphatic heterocycles. The highest BCUT2D eigenvalue weighted by Crippen LogP contribution is 2.41. The predicted molar refractivity (Wildman–Crippen MR) is 186 cm³/mol.